The molecule has 118 valence electrons. The molecule has 0 unspecified atom stereocenters. The zero-order valence-corrected chi connectivity index (χ0v) is 13.8. The van der Waals surface area contributed by atoms with Crippen molar-refractivity contribution in [2.45, 2.75) is 5.92 Å². The standard InChI is InChI=1S/C24H17N/c1-2-8-18(7-1)23-15-13-20-16-19(12-14-24(20)25-23)22-11-5-9-17-6-3-4-10-21(17)22/h1-16,18H. The molecule has 4 aromatic rings. The summed E-state index contributed by atoms with van der Waals surface area (Å²) in [6.45, 7) is 0. The number of aromatic nitrogens is 1. The van der Waals surface area contributed by atoms with Gasteiger partial charge in [0.15, 0.2) is 0 Å². The molecule has 0 saturated carbocycles. The van der Waals surface area contributed by atoms with Crippen LogP contribution in [0.4, 0.5) is 0 Å². The van der Waals surface area contributed by atoms with Crippen molar-refractivity contribution in [1.29, 1.82) is 0 Å². The average molecular weight is 319 g/mol. The third-order valence-corrected chi connectivity index (χ3v) is 4.90. The van der Waals surface area contributed by atoms with Gasteiger partial charge in [-0.15, -0.1) is 0 Å². The molecule has 1 aromatic heterocycles. The normalized spacial score (nSPS) is 13.9. The van der Waals surface area contributed by atoms with E-state index in [1.807, 2.05) is 0 Å². The molecule has 0 fully saturated rings. The largest absolute Gasteiger partial charge is 0.252 e. The summed E-state index contributed by atoms with van der Waals surface area (Å²) in [7, 11) is 0. The van der Waals surface area contributed by atoms with Crippen molar-refractivity contribution in [3.05, 3.63) is 103 Å². The van der Waals surface area contributed by atoms with Crippen LogP contribution in [0.3, 0.4) is 0 Å². The van der Waals surface area contributed by atoms with Crippen molar-refractivity contribution in [1.82, 2.24) is 4.98 Å². The van der Waals surface area contributed by atoms with Crippen LogP contribution in [0, 0.1) is 0 Å². The molecular formula is C24H17N. The lowest BCUT2D eigenvalue weighted by Crippen LogP contribution is -1.94. The van der Waals surface area contributed by atoms with Crippen LogP contribution < -0.4 is 0 Å². The van der Waals surface area contributed by atoms with E-state index in [0.29, 0.717) is 5.92 Å². The van der Waals surface area contributed by atoms with Gasteiger partial charge in [-0.05, 0) is 40.1 Å². The summed E-state index contributed by atoms with van der Waals surface area (Å²) < 4.78 is 0. The predicted molar refractivity (Wildman–Crippen MR) is 106 cm³/mol. The molecule has 0 spiro atoms. The third kappa shape index (κ3) is 2.45. The predicted octanol–water partition coefficient (Wildman–Crippen LogP) is 6.26. The fourth-order valence-corrected chi connectivity index (χ4v) is 3.60. The summed E-state index contributed by atoms with van der Waals surface area (Å²) in [4.78, 5) is 4.85. The fraction of sp³-hybridized carbons (Fsp3) is 0.0417. The second-order valence-electron chi connectivity index (χ2n) is 6.47. The third-order valence-electron chi connectivity index (χ3n) is 4.90. The van der Waals surface area contributed by atoms with Gasteiger partial charge in [-0.3, -0.25) is 4.98 Å². The molecule has 0 saturated heterocycles. The quantitative estimate of drug-likeness (QED) is 0.424. The molecule has 1 heteroatoms. The molecule has 0 radical (unpaired) electrons. The summed E-state index contributed by atoms with van der Waals surface area (Å²) in [6.07, 6.45) is 8.53. The van der Waals surface area contributed by atoms with Crippen LogP contribution in [0.15, 0.2) is 97.1 Å². The SMILES string of the molecule is C1=CC(c2ccc3cc(-c4cccc5ccccc45)ccc3n2)C=C1. The van der Waals surface area contributed by atoms with Gasteiger partial charge in [0.1, 0.15) is 0 Å². The molecule has 0 bridgehead atoms. The molecule has 0 amide bonds. The van der Waals surface area contributed by atoms with E-state index in [1.54, 1.807) is 0 Å². The minimum atomic E-state index is 0.308. The first-order valence-corrected chi connectivity index (χ1v) is 8.62. The Hall–Kier alpha value is -3.19. The van der Waals surface area contributed by atoms with Crippen molar-refractivity contribution in [2.75, 3.05) is 0 Å². The molecule has 0 N–H and O–H groups in total. The van der Waals surface area contributed by atoms with Crippen molar-refractivity contribution >= 4 is 21.7 Å². The number of rotatable bonds is 2. The van der Waals surface area contributed by atoms with E-state index in [2.05, 4.69) is 97.1 Å². The van der Waals surface area contributed by atoms with Gasteiger partial charge in [0.2, 0.25) is 0 Å². The van der Waals surface area contributed by atoms with Crippen LogP contribution in [-0.2, 0) is 0 Å². The number of pyridine rings is 1. The van der Waals surface area contributed by atoms with Crippen LogP contribution >= 0.6 is 0 Å². The van der Waals surface area contributed by atoms with E-state index < -0.39 is 0 Å². The lowest BCUT2D eigenvalue weighted by Gasteiger charge is -2.10. The Bertz CT molecular complexity index is 1130. The van der Waals surface area contributed by atoms with Gasteiger partial charge in [-0.2, -0.15) is 0 Å². The topological polar surface area (TPSA) is 12.9 Å². The number of nitrogens with zero attached hydrogens (tertiary/aromatic N) is 1. The van der Waals surface area contributed by atoms with Gasteiger partial charge in [0.05, 0.1) is 11.2 Å². The molecule has 25 heavy (non-hydrogen) atoms. The number of hydrogen-bond acceptors (Lipinski definition) is 1. The van der Waals surface area contributed by atoms with Gasteiger partial charge in [0.25, 0.3) is 0 Å². The van der Waals surface area contributed by atoms with Gasteiger partial charge >= 0.3 is 0 Å². The Labute approximate surface area is 147 Å². The van der Waals surface area contributed by atoms with E-state index in [9.17, 15) is 0 Å². The zero-order valence-electron chi connectivity index (χ0n) is 13.8. The summed E-state index contributed by atoms with van der Waals surface area (Å²) >= 11 is 0. The summed E-state index contributed by atoms with van der Waals surface area (Å²) in [5, 5.41) is 3.74. The van der Waals surface area contributed by atoms with Crippen LogP contribution in [0.2, 0.25) is 0 Å². The number of benzene rings is 3. The smallest absolute Gasteiger partial charge is 0.0706 e. The summed E-state index contributed by atoms with van der Waals surface area (Å²) in [6, 6.07) is 25.9. The molecule has 1 aliphatic rings. The Balaban J connectivity index is 1.64. The van der Waals surface area contributed by atoms with Crippen molar-refractivity contribution in [3.8, 4) is 11.1 Å². The Morgan fingerprint density at radius 1 is 0.680 bits per heavy atom. The monoisotopic (exact) mass is 319 g/mol. The lowest BCUT2D eigenvalue weighted by atomic mass is 9.97. The summed E-state index contributed by atoms with van der Waals surface area (Å²) in [5.74, 6) is 0.308. The van der Waals surface area contributed by atoms with Gasteiger partial charge in [-0.25, -0.2) is 0 Å². The highest BCUT2D eigenvalue weighted by molar-refractivity contribution is 5.98. The molecular weight excluding hydrogens is 302 g/mol. The minimum Gasteiger partial charge on any atom is -0.252 e. The number of allylic oxidation sites excluding steroid dienone is 4. The highest BCUT2D eigenvalue weighted by Crippen LogP contribution is 2.31. The Kier molecular flexibility index (Phi) is 3.24. The number of hydrogen-bond donors (Lipinski definition) is 0. The first-order chi connectivity index (χ1) is 12.4. The molecule has 5 rings (SSSR count). The van der Waals surface area contributed by atoms with Gasteiger partial charge in [0, 0.05) is 11.3 Å². The fourth-order valence-electron chi connectivity index (χ4n) is 3.60. The molecule has 1 aliphatic carbocycles. The molecule has 3 aromatic carbocycles. The second-order valence-corrected chi connectivity index (χ2v) is 6.47. The maximum absolute atomic E-state index is 4.85. The number of fused-ring (bicyclic) bond motifs is 2. The molecule has 1 heterocycles. The first-order valence-electron chi connectivity index (χ1n) is 8.62. The van der Waals surface area contributed by atoms with E-state index in [-0.39, 0.29) is 0 Å². The first kappa shape index (κ1) is 14.2. The second kappa shape index (κ2) is 5.71. The average Bonchev–Trinajstić information content (AvgIpc) is 3.21. The Morgan fingerprint density at radius 2 is 1.52 bits per heavy atom. The maximum atomic E-state index is 4.85. The van der Waals surface area contributed by atoms with Crippen LogP contribution in [0.25, 0.3) is 32.8 Å². The van der Waals surface area contributed by atoms with E-state index in [1.165, 1.54) is 27.3 Å². The maximum Gasteiger partial charge on any atom is 0.0706 e. The lowest BCUT2D eigenvalue weighted by molar-refractivity contribution is 1.03. The van der Waals surface area contributed by atoms with Crippen molar-refractivity contribution in [2.24, 2.45) is 0 Å². The van der Waals surface area contributed by atoms with Crippen molar-refractivity contribution < 1.29 is 0 Å². The van der Waals surface area contributed by atoms with Crippen LogP contribution in [-0.4, -0.2) is 4.98 Å². The minimum absolute atomic E-state index is 0.308. The van der Waals surface area contributed by atoms with E-state index in [4.69, 9.17) is 4.98 Å². The van der Waals surface area contributed by atoms with Crippen LogP contribution in [0.5, 0.6) is 0 Å². The molecule has 0 atom stereocenters. The zero-order chi connectivity index (χ0) is 16.6. The Morgan fingerprint density at radius 3 is 2.44 bits per heavy atom. The van der Waals surface area contributed by atoms with E-state index in [0.717, 1.165) is 11.2 Å². The van der Waals surface area contributed by atoms with Crippen LogP contribution in [0.1, 0.15) is 11.6 Å². The molecule has 1 nitrogen and oxygen atoms in total. The molecule has 0 aliphatic heterocycles. The highest BCUT2D eigenvalue weighted by atomic mass is 14.7. The van der Waals surface area contributed by atoms with Crippen molar-refractivity contribution in [3.63, 3.8) is 0 Å². The highest BCUT2D eigenvalue weighted by Gasteiger charge is 2.10. The van der Waals surface area contributed by atoms with Gasteiger partial charge < -0.3 is 0 Å². The van der Waals surface area contributed by atoms with Gasteiger partial charge in [-0.1, -0.05) is 78.9 Å². The summed E-state index contributed by atoms with van der Waals surface area (Å²) in [5.41, 5.74) is 4.66. The van der Waals surface area contributed by atoms with E-state index >= 15 is 0 Å².